The van der Waals surface area contributed by atoms with Crippen molar-refractivity contribution >= 4 is 29.1 Å². The van der Waals surface area contributed by atoms with E-state index in [0.717, 1.165) is 0 Å². The molecule has 0 aromatic carbocycles. The molecule has 2 fully saturated rings. The smallest absolute Gasteiger partial charge is 0.335 e. The van der Waals surface area contributed by atoms with E-state index in [0.29, 0.717) is 0 Å². The molecule has 0 bridgehead atoms. The number of nitrogens with one attached hydrogen (secondary N) is 1. The Morgan fingerprint density at radius 1 is 1.00 bits per heavy atom. The molecule has 14 heteroatoms. The highest BCUT2D eigenvalue weighted by Crippen LogP contribution is 2.52. The molecule has 238 valence electrons. The highest BCUT2D eigenvalue weighted by molar-refractivity contribution is 6.84. The van der Waals surface area contributed by atoms with Gasteiger partial charge in [0, 0.05) is 32.0 Å². The third-order valence-electron chi connectivity index (χ3n) is 8.40. The summed E-state index contributed by atoms with van der Waals surface area (Å²) in [5, 5.41) is 0. The largest absolute Gasteiger partial charge is 0.466 e. The molecule has 2 aliphatic rings. The minimum Gasteiger partial charge on any atom is -0.466 e. The minimum atomic E-state index is -3.22. The predicted molar refractivity (Wildman–Crippen MR) is 160 cm³/mol. The van der Waals surface area contributed by atoms with Gasteiger partial charge in [0.2, 0.25) is 0 Å². The third kappa shape index (κ3) is 6.38. The second kappa shape index (κ2) is 12.9. The Bertz CT molecular complexity index is 1240. The minimum absolute atomic E-state index is 0.00641. The number of aromatic nitrogens is 2. The van der Waals surface area contributed by atoms with Crippen molar-refractivity contribution in [2.24, 2.45) is 0 Å². The van der Waals surface area contributed by atoms with Crippen LogP contribution in [0.3, 0.4) is 0 Å². The van der Waals surface area contributed by atoms with Gasteiger partial charge in [-0.1, -0.05) is 55.4 Å². The van der Waals surface area contributed by atoms with E-state index in [2.05, 4.69) is 60.4 Å². The summed E-state index contributed by atoms with van der Waals surface area (Å²) in [6.45, 7) is 20.8. The van der Waals surface area contributed by atoms with Crippen LogP contribution in [0.2, 0.25) is 22.2 Å². The fourth-order valence-electron chi connectivity index (χ4n) is 6.20. The summed E-state index contributed by atoms with van der Waals surface area (Å²) in [5.74, 6) is -1.06. The molecular formula is C28H48N2O10Si2. The highest BCUT2D eigenvalue weighted by atomic mass is 28.5. The normalized spacial score (nSPS) is 27.2. The maximum atomic E-state index is 13.1. The van der Waals surface area contributed by atoms with Crippen LogP contribution in [-0.2, 0) is 36.8 Å². The van der Waals surface area contributed by atoms with Gasteiger partial charge in [-0.2, -0.15) is 0 Å². The maximum absolute atomic E-state index is 13.1. The number of nitrogens with zero attached hydrogens (tertiary/aromatic N) is 1. The molecule has 0 saturated carbocycles. The maximum Gasteiger partial charge on any atom is 0.335 e. The van der Waals surface area contributed by atoms with Crippen molar-refractivity contribution in [3.8, 4) is 0 Å². The number of rotatable bonds is 9. The Kier molecular flexibility index (Phi) is 10.5. The number of hydrogen-bond donors (Lipinski definition) is 1. The van der Waals surface area contributed by atoms with Gasteiger partial charge in [-0.15, -0.1) is 0 Å². The van der Waals surface area contributed by atoms with Gasteiger partial charge in [0.05, 0.1) is 13.2 Å². The highest BCUT2D eigenvalue weighted by Gasteiger charge is 2.67. The van der Waals surface area contributed by atoms with E-state index >= 15 is 0 Å². The van der Waals surface area contributed by atoms with Gasteiger partial charge < -0.3 is 27.2 Å². The quantitative estimate of drug-likeness (QED) is 0.315. The summed E-state index contributed by atoms with van der Waals surface area (Å²) in [6, 6.07) is 0. The van der Waals surface area contributed by atoms with Crippen molar-refractivity contribution in [1.29, 1.82) is 0 Å². The average molecular weight is 629 g/mol. The molecule has 1 N–H and O–H groups in total. The number of carbonyl (C=O) groups excluding carboxylic acids is 2. The monoisotopic (exact) mass is 628 g/mol. The van der Waals surface area contributed by atoms with Gasteiger partial charge in [-0.25, -0.2) is 4.79 Å². The zero-order valence-electron chi connectivity index (χ0n) is 26.8. The molecule has 1 aromatic heterocycles. The molecule has 12 nitrogen and oxygen atoms in total. The van der Waals surface area contributed by atoms with Crippen molar-refractivity contribution < 1.29 is 36.8 Å². The molecule has 2 aliphatic heterocycles. The topological polar surface area (TPSA) is 144 Å². The van der Waals surface area contributed by atoms with Gasteiger partial charge in [-0.05, 0) is 29.1 Å². The van der Waals surface area contributed by atoms with Gasteiger partial charge in [0.1, 0.15) is 11.7 Å². The van der Waals surface area contributed by atoms with Crippen LogP contribution in [-0.4, -0.2) is 69.6 Å². The number of aryl methyl sites for hydroxylation is 1. The van der Waals surface area contributed by atoms with Crippen LogP contribution in [0.5, 0.6) is 0 Å². The van der Waals surface area contributed by atoms with Crippen LogP contribution >= 0.6 is 0 Å². The van der Waals surface area contributed by atoms with E-state index in [1.807, 2.05) is 0 Å². The lowest BCUT2D eigenvalue weighted by molar-refractivity contribution is -0.157. The molecule has 0 aliphatic carbocycles. The number of esters is 2. The number of fused-ring (bicyclic) bond motifs is 1. The molecule has 4 atom stereocenters. The van der Waals surface area contributed by atoms with Crippen molar-refractivity contribution in [3.63, 3.8) is 0 Å². The first-order valence-electron chi connectivity index (χ1n) is 14.7. The molecule has 1 aromatic rings. The van der Waals surface area contributed by atoms with E-state index in [1.165, 1.54) is 24.6 Å². The molecule has 0 unspecified atom stereocenters. The summed E-state index contributed by atoms with van der Waals surface area (Å²) in [5.41, 5.74) is -2.24. The first-order valence-corrected chi connectivity index (χ1v) is 18.7. The Balaban J connectivity index is 2.34. The molecular weight excluding hydrogens is 580 g/mol. The lowest BCUT2D eigenvalue weighted by atomic mass is 9.92. The lowest BCUT2D eigenvalue weighted by Gasteiger charge is -2.53. The zero-order chi connectivity index (χ0) is 31.8. The molecule has 2 saturated heterocycles. The van der Waals surface area contributed by atoms with Crippen molar-refractivity contribution in [1.82, 2.24) is 9.55 Å². The van der Waals surface area contributed by atoms with Crippen LogP contribution in [0.15, 0.2) is 15.8 Å². The van der Waals surface area contributed by atoms with Crippen LogP contribution in [0, 0.1) is 6.92 Å². The molecule has 0 spiro atoms. The summed E-state index contributed by atoms with van der Waals surface area (Å²) in [4.78, 5) is 52.0. The number of H-pyrrole nitrogens is 1. The van der Waals surface area contributed by atoms with Crippen LogP contribution in [0.25, 0.3) is 0 Å². The first-order chi connectivity index (χ1) is 19.4. The standard InChI is InChI=1S/C28H48N2O10Si2/c1-16(2)41(17(3)4)36-15-28(12-13-35-21(10)31)24(39-42(40-41,18(5)6)19(7)8)23(37-22(11)32)26(38-28)30-14-20(9)25(33)29-27(30)34/h14,16-19,23-24,26H,12-13,15H2,1-11H3,(H,29,33,34)/t23-,24+,26-,28-/m1/s1. The SMILES string of the molecule is CC(=O)OCC[C@@]12CO[Si](C(C)C)(C(C)C)O[Si](C(C)C)(C(C)C)O[C@H]1[C@@H](OC(C)=O)[C@H](n1cc(C)c(=O)[nH]c1=O)O2. The first kappa shape index (κ1) is 34.4. The molecule has 3 heterocycles. The summed E-state index contributed by atoms with van der Waals surface area (Å²) >= 11 is 0. The summed E-state index contributed by atoms with van der Waals surface area (Å²) < 4.78 is 40.7. The van der Waals surface area contributed by atoms with Crippen LogP contribution in [0.1, 0.15) is 87.4 Å². The van der Waals surface area contributed by atoms with Gasteiger partial charge in [0.15, 0.2) is 12.3 Å². The third-order valence-corrected chi connectivity index (χ3v) is 18.6. The van der Waals surface area contributed by atoms with E-state index in [4.69, 9.17) is 27.2 Å². The van der Waals surface area contributed by atoms with E-state index in [1.54, 1.807) is 6.92 Å². The fraction of sp³-hybridized carbons (Fsp3) is 0.786. The molecule has 42 heavy (non-hydrogen) atoms. The predicted octanol–water partition coefficient (Wildman–Crippen LogP) is 3.95. The number of ether oxygens (including phenoxy) is 3. The van der Waals surface area contributed by atoms with E-state index in [9.17, 15) is 19.2 Å². The van der Waals surface area contributed by atoms with E-state index in [-0.39, 0.29) is 47.4 Å². The van der Waals surface area contributed by atoms with Gasteiger partial charge >= 0.3 is 34.8 Å². The Morgan fingerprint density at radius 3 is 2.07 bits per heavy atom. The van der Waals surface area contributed by atoms with Crippen molar-refractivity contribution in [2.75, 3.05) is 13.2 Å². The number of carbonyl (C=O) groups is 2. The number of aromatic amines is 1. The Hall–Kier alpha value is -2.11. The average Bonchev–Trinajstić information content (AvgIpc) is 3.12. The van der Waals surface area contributed by atoms with Gasteiger partial charge in [-0.3, -0.25) is 23.9 Å². The molecule has 3 rings (SSSR count). The Morgan fingerprint density at radius 2 is 1.57 bits per heavy atom. The molecule has 0 amide bonds. The van der Waals surface area contributed by atoms with Gasteiger partial charge in [0.25, 0.3) is 5.56 Å². The second-order valence-electron chi connectivity index (χ2n) is 12.7. The fourth-order valence-corrected chi connectivity index (χ4v) is 17.5. The van der Waals surface area contributed by atoms with Crippen LogP contribution in [0.4, 0.5) is 0 Å². The van der Waals surface area contributed by atoms with Crippen molar-refractivity contribution in [2.45, 2.75) is 129 Å². The van der Waals surface area contributed by atoms with Crippen molar-refractivity contribution in [3.05, 3.63) is 32.6 Å². The summed E-state index contributed by atoms with van der Waals surface area (Å²) in [6.07, 6.45) is -1.68. The number of hydrogen-bond acceptors (Lipinski definition) is 10. The van der Waals surface area contributed by atoms with Crippen LogP contribution < -0.4 is 11.2 Å². The van der Waals surface area contributed by atoms with E-state index < -0.39 is 64.3 Å². The second-order valence-corrected chi connectivity index (χ2v) is 21.6. The lowest BCUT2D eigenvalue weighted by Crippen LogP contribution is -2.68. The molecule has 0 radical (unpaired) electrons. The Labute approximate surface area is 249 Å². The summed E-state index contributed by atoms with van der Waals surface area (Å²) in [7, 11) is -6.23. The zero-order valence-corrected chi connectivity index (χ0v) is 28.8.